The number of anilines is 1. The molecule has 1 aliphatic rings. The Kier molecular flexibility index (Phi) is 6.22. The second-order valence-corrected chi connectivity index (χ2v) is 8.18. The zero-order valence-corrected chi connectivity index (χ0v) is 18.5. The Morgan fingerprint density at radius 2 is 2.03 bits per heavy atom. The summed E-state index contributed by atoms with van der Waals surface area (Å²) in [6.45, 7) is 1.73. The Morgan fingerprint density at radius 1 is 1.27 bits per heavy atom. The summed E-state index contributed by atoms with van der Waals surface area (Å²) >= 11 is 1.29. The Morgan fingerprint density at radius 3 is 2.67 bits per heavy atom. The third-order valence-electron chi connectivity index (χ3n) is 5.17. The van der Waals surface area contributed by atoms with Gasteiger partial charge in [0.05, 0.1) is 29.1 Å². The first-order valence-electron chi connectivity index (χ1n) is 9.85. The van der Waals surface area contributed by atoms with Crippen molar-refractivity contribution in [2.24, 2.45) is 0 Å². The molecule has 3 heterocycles. The number of thioether (sulfide) groups is 1. The third-order valence-corrected chi connectivity index (χ3v) is 6.11. The molecule has 33 heavy (non-hydrogen) atoms. The smallest absolute Gasteiger partial charge is 0.336 e. The van der Waals surface area contributed by atoms with Crippen LogP contribution in [0.4, 0.5) is 11.5 Å². The minimum absolute atomic E-state index is 0.0124. The molecule has 11 heteroatoms. The fraction of sp³-hybridized carbons (Fsp3) is 0.182. The number of hydrogen-bond donors (Lipinski definition) is 2. The highest BCUT2D eigenvalue weighted by Gasteiger charge is 2.36. The molecule has 0 fully saturated rings. The van der Waals surface area contributed by atoms with E-state index in [0.717, 1.165) is 5.56 Å². The molecule has 168 valence electrons. The molecule has 0 radical (unpaired) electrons. The highest BCUT2D eigenvalue weighted by molar-refractivity contribution is 7.98. The van der Waals surface area contributed by atoms with Crippen LogP contribution < -0.4 is 10.9 Å². The Labute approximate surface area is 192 Å². The molecule has 1 aromatic carbocycles. The number of methoxy groups -OCH3 is 1. The number of carbonyl (C=O) groups excluding carboxylic acids is 1. The van der Waals surface area contributed by atoms with E-state index in [1.165, 1.54) is 31.0 Å². The Bertz CT molecular complexity index is 1310. The van der Waals surface area contributed by atoms with Gasteiger partial charge in [-0.1, -0.05) is 30.0 Å². The number of benzene rings is 1. The zero-order chi connectivity index (χ0) is 23.5. The lowest BCUT2D eigenvalue weighted by molar-refractivity contribution is -0.384. The number of carbonyl (C=O) groups is 1. The lowest BCUT2D eigenvalue weighted by atomic mass is 9.83. The maximum absolute atomic E-state index is 13.1. The lowest BCUT2D eigenvalue weighted by Gasteiger charge is -2.28. The number of esters is 1. The molecule has 1 atom stereocenters. The van der Waals surface area contributed by atoms with Crippen LogP contribution in [0, 0.1) is 10.1 Å². The van der Waals surface area contributed by atoms with Gasteiger partial charge in [0.15, 0.2) is 5.16 Å². The summed E-state index contributed by atoms with van der Waals surface area (Å²) in [6.07, 6.45) is 3.22. The van der Waals surface area contributed by atoms with E-state index in [1.54, 1.807) is 43.6 Å². The van der Waals surface area contributed by atoms with E-state index < -0.39 is 16.8 Å². The minimum atomic E-state index is -0.688. The van der Waals surface area contributed by atoms with Crippen molar-refractivity contribution < 1.29 is 14.5 Å². The van der Waals surface area contributed by atoms with E-state index >= 15 is 0 Å². The van der Waals surface area contributed by atoms with Crippen LogP contribution >= 0.6 is 11.8 Å². The van der Waals surface area contributed by atoms with Crippen LogP contribution in [-0.4, -0.2) is 33.0 Å². The second-order valence-electron chi connectivity index (χ2n) is 7.22. The Hall–Kier alpha value is -3.99. The molecule has 0 spiro atoms. The van der Waals surface area contributed by atoms with E-state index in [-0.39, 0.29) is 11.2 Å². The summed E-state index contributed by atoms with van der Waals surface area (Å²) < 4.78 is 4.97. The molecule has 0 bridgehead atoms. The molecular formula is C22H19N5O5S. The maximum atomic E-state index is 13.1. The predicted octanol–water partition coefficient (Wildman–Crippen LogP) is 3.37. The fourth-order valence-corrected chi connectivity index (χ4v) is 4.44. The van der Waals surface area contributed by atoms with Gasteiger partial charge < -0.3 is 15.0 Å². The summed E-state index contributed by atoms with van der Waals surface area (Å²) in [4.78, 5) is 47.5. The standard InChI is InChI=1S/C22H19N5O5S/c1-12-16(21(29)32-2)17(14-4-3-9-23-10-14)18-19(24-12)25-22(26-20(18)28)33-11-13-5-7-15(8-6-13)27(30)31/h3-10,17H,11H2,1-2H3,(H2,24,25,26,28)/t17-/m0/s1. The summed E-state index contributed by atoms with van der Waals surface area (Å²) in [7, 11) is 1.29. The van der Waals surface area contributed by atoms with Crippen LogP contribution in [0.2, 0.25) is 0 Å². The Balaban J connectivity index is 1.68. The van der Waals surface area contributed by atoms with Gasteiger partial charge in [-0.3, -0.25) is 19.9 Å². The summed E-state index contributed by atoms with van der Waals surface area (Å²) in [5.74, 6) is -0.430. The molecule has 0 unspecified atom stereocenters. The molecule has 4 rings (SSSR count). The largest absolute Gasteiger partial charge is 0.466 e. The SMILES string of the molecule is COC(=O)C1=C(C)Nc2nc(SCc3ccc([N+](=O)[O-])cc3)[nH]c(=O)c2[C@H]1c1cccnc1. The van der Waals surface area contributed by atoms with Crippen molar-refractivity contribution in [3.63, 3.8) is 0 Å². The van der Waals surface area contributed by atoms with Crippen LogP contribution in [0.5, 0.6) is 0 Å². The van der Waals surface area contributed by atoms with Gasteiger partial charge in [-0.15, -0.1) is 0 Å². The molecule has 2 aromatic heterocycles. The number of H-pyrrole nitrogens is 1. The maximum Gasteiger partial charge on any atom is 0.336 e. The lowest BCUT2D eigenvalue weighted by Crippen LogP contribution is -2.31. The number of non-ortho nitro benzene ring substituents is 1. The summed E-state index contributed by atoms with van der Waals surface area (Å²) in [5.41, 5.74) is 2.28. The molecule has 3 aromatic rings. The van der Waals surface area contributed by atoms with Crippen LogP contribution in [-0.2, 0) is 15.3 Å². The normalized spacial score (nSPS) is 14.9. The van der Waals surface area contributed by atoms with Gasteiger partial charge in [-0.25, -0.2) is 9.78 Å². The molecule has 0 saturated carbocycles. The van der Waals surface area contributed by atoms with Gasteiger partial charge in [0, 0.05) is 36.0 Å². The van der Waals surface area contributed by atoms with Crippen molar-refractivity contribution in [2.75, 3.05) is 12.4 Å². The number of nitro groups is 1. The number of rotatable bonds is 6. The average Bonchev–Trinajstić information content (AvgIpc) is 2.82. The summed E-state index contributed by atoms with van der Waals surface area (Å²) in [5, 5.41) is 14.3. The van der Waals surface area contributed by atoms with E-state index in [1.807, 2.05) is 0 Å². The molecule has 10 nitrogen and oxygen atoms in total. The molecule has 0 amide bonds. The van der Waals surface area contributed by atoms with Gasteiger partial charge in [0.1, 0.15) is 5.82 Å². The number of nitrogens with one attached hydrogen (secondary N) is 2. The van der Waals surface area contributed by atoms with Crippen molar-refractivity contribution in [1.29, 1.82) is 0 Å². The van der Waals surface area contributed by atoms with Crippen LogP contribution in [0.25, 0.3) is 0 Å². The molecule has 0 aliphatic carbocycles. The van der Waals surface area contributed by atoms with Crippen LogP contribution in [0.15, 0.2) is 70.0 Å². The average molecular weight is 465 g/mol. The first kappa shape index (κ1) is 22.2. The second kappa shape index (κ2) is 9.25. The quantitative estimate of drug-likeness (QED) is 0.184. The number of hydrogen-bond acceptors (Lipinski definition) is 9. The van der Waals surface area contributed by atoms with E-state index in [9.17, 15) is 19.7 Å². The number of aromatic amines is 1. The summed E-state index contributed by atoms with van der Waals surface area (Å²) in [6, 6.07) is 9.71. The number of aromatic nitrogens is 3. The number of pyridine rings is 1. The number of allylic oxidation sites excluding steroid dienone is 1. The van der Waals surface area contributed by atoms with E-state index in [2.05, 4.69) is 20.3 Å². The van der Waals surface area contributed by atoms with E-state index in [4.69, 9.17) is 4.74 Å². The fourth-order valence-electron chi connectivity index (χ4n) is 3.63. The van der Waals surface area contributed by atoms with Crippen molar-refractivity contribution in [2.45, 2.75) is 23.8 Å². The van der Waals surface area contributed by atoms with Crippen molar-refractivity contribution in [3.8, 4) is 0 Å². The van der Waals surface area contributed by atoms with Crippen molar-refractivity contribution in [1.82, 2.24) is 15.0 Å². The van der Waals surface area contributed by atoms with Crippen LogP contribution in [0.3, 0.4) is 0 Å². The number of fused-ring (bicyclic) bond motifs is 1. The van der Waals surface area contributed by atoms with E-state index in [0.29, 0.717) is 39.1 Å². The first-order chi connectivity index (χ1) is 15.9. The monoisotopic (exact) mass is 465 g/mol. The molecule has 0 saturated heterocycles. The molecular weight excluding hydrogens is 446 g/mol. The third kappa shape index (κ3) is 4.48. The number of nitro benzene ring substituents is 1. The van der Waals surface area contributed by atoms with Gasteiger partial charge in [0.2, 0.25) is 0 Å². The highest BCUT2D eigenvalue weighted by Crippen LogP contribution is 2.39. The van der Waals surface area contributed by atoms with Gasteiger partial charge in [-0.2, -0.15) is 0 Å². The van der Waals surface area contributed by atoms with Gasteiger partial charge in [-0.05, 0) is 24.1 Å². The minimum Gasteiger partial charge on any atom is -0.466 e. The van der Waals surface area contributed by atoms with Gasteiger partial charge >= 0.3 is 5.97 Å². The first-order valence-corrected chi connectivity index (χ1v) is 10.8. The molecule has 2 N–H and O–H groups in total. The van der Waals surface area contributed by atoms with Crippen molar-refractivity contribution in [3.05, 3.63) is 97.2 Å². The van der Waals surface area contributed by atoms with Crippen molar-refractivity contribution >= 4 is 29.2 Å². The number of ether oxygens (including phenoxy) is 1. The highest BCUT2D eigenvalue weighted by atomic mass is 32.2. The number of nitrogens with zero attached hydrogens (tertiary/aromatic N) is 3. The predicted molar refractivity (Wildman–Crippen MR) is 122 cm³/mol. The molecule has 1 aliphatic heterocycles. The van der Waals surface area contributed by atoms with Crippen LogP contribution in [0.1, 0.15) is 29.5 Å². The zero-order valence-electron chi connectivity index (χ0n) is 17.7. The topological polar surface area (TPSA) is 140 Å². The van der Waals surface area contributed by atoms with Gasteiger partial charge in [0.25, 0.3) is 11.2 Å².